The lowest BCUT2D eigenvalue weighted by atomic mass is 9.93. The van der Waals surface area contributed by atoms with Gasteiger partial charge in [-0.1, -0.05) is 36.8 Å². The topological polar surface area (TPSA) is 12.9 Å². The number of aromatic nitrogens is 1. The van der Waals surface area contributed by atoms with Crippen molar-refractivity contribution >= 4 is 11.6 Å². The standard InChI is InChI=1S/C15H16ClN/c1-11-3-5-14(6-4-11)15(16)12(2)13-7-9-17-10-8-13/h3-10,12,15H,1-2H3. The molecule has 1 aromatic carbocycles. The zero-order valence-corrected chi connectivity index (χ0v) is 10.9. The molecule has 0 radical (unpaired) electrons. The second-order valence-corrected chi connectivity index (χ2v) is 4.85. The summed E-state index contributed by atoms with van der Waals surface area (Å²) in [6.07, 6.45) is 3.62. The molecule has 1 aromatic heterocycles. The van der Waals surface area contributed by atoms with Crippen LogP contribution in [0.2, 0.25) is 0 Å². The van der Waals surface area contributed by atoms with E-state index in [4.69, 9.17) is 11.6 Å². The molecule has 2 atom stereocenters. The fourth-order valence-electron chi connectivity index (χ4n) is 1.87. The minimum absolute atomic E-state index is 0.00185. The van der Waals surface area contributed by atoms with Crippen LogP contribution in [-0.4, -0.2) is 4.98 Å². The molecule has 0 aliphatic rings. The van der Waals surface area contributed by atoms with Crippen molar-refractivity contribution in [1.29, 1.82) is 0 Å². The molecule has 2 unspecified atom stereocenters. The van der Waals surface area contributed by atoms with Gasteiger partial charge < -0.3 is 0 Å². The fraction of sp³-hybridized carbons (Fsp3) is 0.267. The number of hydrogen-bond acceptors (Lipinski definition) is 1. The number of rotatable bonds is 3. The number of nitrogens with zero attached hydrogens (tertiary/aromatic N) is 1. The number of benzene rings is 1. The molecule has 0 amide bonds. The summed E-state index contributed by atoms with van der Waals surface area (Å²) in [5, 5.41) is -0.00185. The van der Waals surface area contributed by atoms with Crippen LogP contribution in [0.25, 0.3) is 0 Å². The Hall–Kier alpha value is -1.34. The van der Waals surface area contributed by atoms with Gasteiger partial charge in [-0.15, -0.1) is 11.6 Å². The first-order valence-electron chi connectivity index (χ1n) is 5.79. The smallest absolute Gasteiger partial charge is 0.0651 e. The molecule has 1 heterocycles. The zero-order valence-electron chi connectivity index (χ0n) is 10.1. The van der Waals surface area contributed by atoms with Gasteiger partial charge in [0.05, 0.1) is 5.38 Å². The summed E-state index contributed by atoms with van der Waals surface area (Å²) in [5.41, 5.74) is 3.65. The molecule has 0 saturated heterocycles. The van der Waals surface area contributed by atoms with Gasteiger partial charge >= 0.3 is 0 Å². The normalized spacial score (nSPS) is 14.3. The molecular weight excluding hydrogens is 230 g/mol. The predicted octanol–water partition coefficient (Wildman–Crippen LogP) is 4.47. The summed E-state index contributed by atoms with van der Waals surface area (Å²) in [7, 11) is 0. The van der Waals surface area contributed by atoms with E-state index in [9.17, 15) is 0 Å². The minimum atomic E-state index is -0.00185. The van der Waals surface area contributed by atoms with Crippen molar-refractivity contribution < 1.29 is 0 Å². The predicted molar refractivity (Wildman–Crippen MR) is 72.4 cm³/mol. The highest BCUT2D eigenvalue weighted by Crippen LogP contribution is 2.35. The Morgan fingerprint density at radius 3 is 2.12 bits per heavy atom. The fourth-order valence-corrected chi connectivity index (χ4v) is 2.17. The average Bonchev–Trinajstić information content (AvgIpc) is 2.39. The Balaban J connectivity index is 2.20. The Bertz CT molecular complexity index is 464. The molecule has 0 aliphatic heterocycles. The molecule has 0 N–H and O–H groups in total. The zero-order chi connectivity index (χ0) is 12.3. The molecule has 0 fully saturated rings. The maximum atomic E-state index is 6.52. The summed E-state index contributed by atoms with van der Waals surface area (Å²) in [5.74, 6) is 0.280. The van der Waals surface area contributed by atoms with Gasteiger partial charge in [0.15, 0.2) is 0 Å². The SMILES string of the molecule is Cc1ccc(C(Cl)C(C)c2ccncc2)cc1. The lowest BCUT2D eigenvalue weighted by molar-refractivity contribution is 0.730. The summed E-state index contributed by atoms with van der Waals surface area (Å²) >= 11 is 6.52. The van der Waals surface area contributed by atoms with E-state index in [1.807, 2.05) is 24.5 Å². The third-order valence-electron chi connectivity index (χ3n) is 3.07. The average molecular weight is 246 g/mol. The first-order valence-corrected chi connectivity index (χ1v) is 6.22. The molecule has 2 rings (SSSR count). The van der Waals surface area contributed by atoms with Crippen molar-refractivity contribution in [3.63, 3.8) is 0 Å². The first-order chi connectivity index (χ1) is 8.18. The Morgan fingerprint density at radius 2 is 1.53 bits per heavy atom. The van der Waals surface area contributed by atoms with Crippen molar-refractivity contribution in [2.75, 3.05) is 0 Å². The minimum Gasteiger partial charge on any atom is -0.265 e. The molecule has 17 heavy (non-hydrogen) atoms. The molecule has 0 bridgehead atoms. The third-order valence-corrected chi connectivity index (χ3v) is 3.70. The molecule has 0 aliphatic carbocycles. The van der Waals surface area contributed by atoms with Gasteiger partial charge in [0, 0.05) is 18.3 Å². The monoisotopic (exact) mass is 245 g/mol. The van der Waals surface area contributed by atoms with Crippen molar-refractivity contribution in [2.24, 2.45) is 0 Å². The first kappa shape index (κ1) is 12.1. The van der Waals surface area contributed by atoms with Crippen LogP contribution in [0, 0.1) is 6.92 Å². The van der Waals surface area contributed by atoms with Gasteiger partial charge in [0.1, 0.15) is 0 Å². The number of aryl methyl sites for hydroxylation is 1. The van der Waals surface area contributed by atoms with E-state index in [0.717, 1.165) is 0 Å². The van der Waals surface area contributed by atoms with Gasteiger partial charge in [0.25, 0.3) is 0 Å². The van der Waals surface area contributed by atoms with Gasteiger partial charge in [0.2, 0.25) is 0 Å². The van der Waals surface area contributed by atoms with Crippen molar-refractivity contribution in [3.05, 3.63) is 65.5 Å². The number of alkyl halides is 1. The van der Waals surface area contributed by atoms with Crippen molar-refractivity contribution in [3.8, 4) is 0 Å². The maximum absolute atomic E-state index is 6.52. The summed E-state index contributed by atoms with van der Waals surface area (Å²) in [4.78, 5) is 4.03. The second kappa shape index (κ2) is 5.33. The van der Waals surface area contributed by atoms with Crippen molar-refractivity contribution in [2.45, 2.75) is 25.1 Å². The highest BCUT2D eigenvalue weighted by molar-refractivity contribution is 6.21. The van der Waals surface area contributed by atoms with E-state index < -0.39 is 0 Å². The van der Waals surface area contributed by atoms with Crippen LogP contribution >= 0.6 is 11.6 Å². The van der Waals surface area contributed by atoms with E-state index in [2.05, 4.69) is 43.1 Å². The highest BCUT2D eigenvalue weighted by Gasteiger charge is 2.17. The number of hydrogen-bond donors (Lipinski definition) is 0. The lowest BCUT2D eigenvalue weighted by Gasteiger charge is -2.18. The highest BCUT2D eigenvalue weighted by atomic mass is 35.5. The van der Waals surface area contributed by atoms with Gasteiger partial charge in [-0.3, -0.25) is 4.98 Å². The molecule has 2 heteroatoms. The number of halogens is 1. The molecule has 0 spiro atoms. The van der Waals surface area contributed by atoms with Crippen LogP contribution in [0.3, 0.4) is 0 Å². The van der Waals surface area contributed by atoms with Crippen molar-refractivity contribution in [1.82, 2.24) is 4.98 Å². The number of pyridine rings is 1. The van der Waals surface area contributed by atoms with E-state index >= 15 is 0 Å². The molecule has 2 aromatic rings. The third kappa shape index (κ3) is 2.86. The Labute approximate surface area is 107 Å². The molecule has 88 valence electrons. The lowest BCUT2D eigenvalue weighted by Crippen LogP contribution is -2.02. The van der Waals surface area contributed by atoms with Crippen LogP contribution in [0.1, 0.15) is 34.9 Å². The van der Waals surface area contributed by atoms with E-state index in [0.29, 0.717) is 0 Å². The van der Waals surface area contributed by atoms with Gasteiger partial charge in [-0.05, 0) is 30.2 Å². The van der Waals surface area contributed by atoms with Crippen LogP contribution in [0.15, 0.2) is 48.8 Å². The Morgan fingerprint density at radius 1 is 0.941 bits per heavy atom. The largest absolute Gasteiger partial charge is 0.265 e. The van der Waals surface area contributed by atoms with Crippen LogP contribution in [0.5, 0.6) is 0 Å². The summed E-state index contributed by atoms with van der Waals surface area (Å²) < 4.78 is 0. The quantitative estimate of drug-likeness (QED) is 0.727. The second-order valence-electron chi connectivity index (χ2n) is 4.38. The van der Waals surface area contributed by atoms with E-state index in [1.54, 1.807) is 0 Å². The van der Waals surface area contributed by atoms with Crippen LogP contribution in [0.4, 0.5) is 0 Å². The van der Waals surface area contributed by atoms with Gasteiger partial charge in [-0.25, -0.2) is 0 Å². The Kier molecular flexibility index (Phi) is 3.80. The van der Waals surface area contributed by atoms with E-state index in [-0.39, 0.29) is 11.3 Å². The van der Waals surface area contributed by atoms with E-state index in [1.165, 1.54) is 16.7 Å². The van der Waals surface area contributed by atoms with Gasteiger partial charge in [-0.2, -0.15) is 0 Å². The molecule has 0 saturated carbocycles. The summed E-state index contributed by atoms with van der Waals surface area (Å²) in [6, 6.07) is 12.5. The summed E-state index contributed by atoms with van der Waals surface area (Å²) in [6.45, 7) is 4.23. The van der Waals surface area contributed by atoms with Crippen LogP contribution in [-0.2, 0) is 0 Å². The van der Waals surface area contributed by atoms with Crippen LogP contribution < -0.4 is 0 Å². The molecular formula is C15H16ClN. The molecule has 1 nitrogen and oxygen atoms in total. The maximum Gasteiger partial charge on any atom is 0.0651 e.